The summed E-state index contributed by atoms with van der Waals surface area (Å²) >= 11 is 0. The van der Waals surface area contributed by atoms with Gasteiger partial charge in [-0.25, -0.2) is 0 Å². The zero-order valence-corrected chi connectivity index (χ0v) is 14.0. The van der Waals surface area contributed by atoms with Crippen LogP contribution < -0.4 is 9.64 Å². The number of aromatic nitrogens is 1. The van der Waals surface area contributed by atoms with E-state index in [4.69, 9.17) is 4.74 Å². The van der Waals surface area contributed by atoms with Crippen LogP contribution >= 0.6 is 0 Å². The summed E-state index contributed by atoms with van der Waals surface area (Å²) in [6.07, 6.45) is 3.65. The van der Waals surface area contributed by atoms with Crippen molar-refractivity contribution in [2.24, 2.45) is 0 Å². The highest BCUT2D eigenvalue weighted by Gasteiger charge is 2.26. The number of ether oxygens (including phenoxy) is 1. The van der Waals surface area contributed by atoms with Gasteiger partial charge < -0.3 is 9.64 Å². The van der Waals surface area contributed by atoms with Crippen LogP contribution in [-0.2, 0) is 0 Å². The molecular weight excluding hydrogens is 320 g/mol. The van der Waals surface area contributed by atoms with E-state index >= 15 is 0 Å². The normalized spacial score (nSPS) is 12.1. The Morgan fingerprint density at radius 2 is 1.12 bits per heavy atom. The van der Waals surface area contributed by atoms with Gasteiger partial charge in [-0.1, -0.05) is 42.5 Å². The molecule has 1 aliphatic rings. The molecule has 0 spiro atoms. The second-order valence-corrected chi connectivity index (χ2v) is 6.13. The maximum atomic E-state index is 6.12. The van der Waals surface area contributed by atoms with E-state index in [1.165, 1.54) is 0 Å². The minimum atomic E-state index is 0.857. The van der Waals surface area contributed by atoms with Crippen molar-refractivity contribution in [2.75, 3.05) is 4.90 Å². The van der Waals surface area contributed by atoms with E-state index in [2.05, 4.69) is 46.3 Å². The Labute approximate surface area is 152 Å². The third-order valence-electron chi connectivity index (χ3n) is 4.57. The number of rotatable bonds is 2. The van der Waals surface area contributed by atoms with E-state index in [0.717, 1.165) is 39.7 Å². The lowest BCUT2D eigenvalue weighted by molar-refractivity contribution is 0.477. The molecule has 0 atom stereocenters. The summed E-state index contributed by atoms with van der Waals surface area (Å²) in [7, 11) is 0. The Kier molecular flexibility index (Phi) is 3.42. The van der Waals surface area contributed by atoms with Gasteiger partial charge in [-0.05, 0) is 48.0 Å². The topological polar surface area (TPSA) is 25.4 Å². The highest BCUT2D eigenvalue weighted by Crippen LogP contribution is 2.51. The second kappa shape index (κ2) is 6.05. The summed E-state index contributed by atoms with van der Waals surface area (Å²) in [6.45, 7) is 0. The molecule has 0 radical (unpaired) electrons. The van der Waals surface area contributed by atoms with Gasteiger partial charge in [-0.2, -0.15) is 0 Å². The lowest BCUT2D eigenvalue weighted by Crippen LogP contribution is -2.16. The molecule has 0 saturated carbocycles. The molecule has 0 saturated heterocycles. The summed E-state index contributed by atoms with van der Waals surface area (Å²) in [5, 5.41) is 0. The monoisotopic (exact) mass is 336 g/mol. The first-order valence-corrected chi connectivity index (χ1v) is 8.57. The smallest absolute Gasteiger partial charge is 0.151 e. The minimum Gasteiger partial charge on any atom is -0.453 e. The predicted octanol–water partition coefficient (Wildman–Crippen LogP) is 6.32. The molecule has 4 aromatic rings. The lowest BCUT2D eigenvalue weighted by atomic mass is 10.0. The maximum absolute atomic E-state index is 6.12. The fourth-order valence-corrected chi connectivity index (χ4v) is 3.41. The summed E-state index contributed by atoms with van der Waals surface area (Å²) in [4.78, 5) is 6.42. The zero-order valence-electron chi connectivity index (χ0n) is 14.0. The van der Waals surface area contributed by atoms with Crippen LogP contribution in [0.25, 0.3) is 11.1 Å². The molecule has 0 aliphatic carbocycles. The number of hydrogen-bond donors (Lipinski definition) is 0. The molecule has 0 fully saturated rings. The van der Waals surface area contributed by atoms with Gasteiger partial charge in [0, 0.05) is 18.0 Å². The zero-order chi connectivity index (χ0) is 17.3. The van der Waals surface area contributed by atoms with E-state index in [9.17, 15) is 0 Å². The highest BCUT2D eigenvalue weighted by atomic mass is 16.5. The first-order valence-electron chi connectivity index (χ1n) is 8.57. The lowest BCUT2D eigenvalue weighted by Gasteiger charge is -2.34. The molecule has 124 valence electrons. The Bertz CT molecular complexity index is 1030. The highest BCUT2D eigenvalue weighted by molar-refractivity contribution is 5.92. The van der Waals surface area contributed by atoms with Crippen molar-refractivity contribution in [1.82, 2.24) is 4.98 Å². The third kappa shape index (κ3) is 2.33. The summed E-state index contributed by atoms with van der Waals surface area (Å²) < 4.78 is 6.12. The van der Waals surface area contributed by atoms with Crippen LogP contribution in [-0.4, -0.2) is 4.98 Å². The van der Waals surface area contributed by atoms with Crippen molar-refractivity contribution in [2.45, 2.75) is 0 Å². The van der Waals surface area contributed by atoms with Gasteiger partial charge in [0.2, 0.25) is 0 Å². The number of nitrogens with zero attached hydrogens (tertiary/aromatic N) is 2. The maximum Gasteiger partial charge on any atom is 0.151 e. The number of fused-ring (bicyclic) bond motifs is 2. The van der Waals surface area contributed by atoms with E-state index in [0.29, 0.717) is 0 Å². The van der Waals surface area contributed by atoms with E-state index in [1.807, 2.05) is 60.9 Å². The molecule has 1 aliphatic heterocycles. The van der Waals surface area contributed by atoms with Crippen molar-refractivity contribution in [3.8, 4) is 22.6 Å². The molecule has 0 N–H and O–H groups in total. The number of benzene rings is 3. The van der Waals surface area contributed by atoms with Gasteiger partial charge in [0.25, 0.3) is 0 Å². The fraction of sp³-hybridized carbons (Fsp3) is 0. The average Bonchev–Trinajstić information content (AvgIpc) is 2.72. The molecule has 2 heterocycles. The van der Waals surface area contributed by atoms with Gasteiger partial charge in [0.1, 0.15) is 0 Å². The van der Waals surface area contributed by atoms with Gasteiger partial charge in [0.15, 0.2) is 11.5 Å². The molecule has 3 aromatic carbocycles. The molecule has 0 unspecified atom stereocenters. The van der Waals surface area contributed by atoms with Gasteiger partial charge in [0.05, 0.1) is 17.1 Å². The largest absolute Gasteiger partial charge is 0.453 e. The van der Waals surface area contributed by atoms with Crippen molar-refractivity contribution >= 4 is 17.1 Å². The SMILES string of the molecule is c1ccc2c(c1)Oc1ccccc1N2c1ccccc1-c1ccncc1. The summed E-state index contributed by atoms with van der Waals surface area (Å²) in [5.41, 5.74) is 5.47. The van der Waals surface area contributed by atoms with Crippen LogP contribution in [0.15, 0.2) is 97.3 Å². The Morgan fingerprint density at radius 3 is 1.77 bits per heavy atom. The molecule has 0 amide bonds. The number of pyridine rings is 1. The van der Waals surface area contributed by atoms with E-state index < -0.39 is 0 Å². The van der Waals surface area contributed by atoms with Crippen LogP contribution in [0, 0.1) is 0 Å². The van der Waals surface area contributed by atoms with Crippen LogP contribution in [0.5, 0.6) is 11.5 Å². The van der Waals surface area contributed by atoms with Crippen molar-refractivity contribution in [3.05, 3.63) is 97.3 Å². The Hall–Kier alpha value is -3.59. The van der Waals surface area contributed by atoms with Gasteiger partial charge in [-0.3, -0.25) is 4.98 Å². The van der Waals surface area contributed by atoms with Crippen molar-refractivity contribution in [3.63, 3.8) is 0 Å². The van der Waals surface area contributed by atoms with E-state index in [-0.39, 0.29) is 0 Å². The predicted molar refractivity (Wildman–Crippen MR) is 104 cm³/mol. The van der Waals surface area contributed by atoms with Crippen LogP contribution in [0.2, 0.25) is 0 Å². The fourth-order valence-electron chi connectivity index (χ4n) is 3.41. The summed E-state index contributed by atoms with van der Waals surface area (Å²) in [6, 6.07) is 28.8. The Balaban J connectivity index is 1.78. The second-order valence-electron chi connectivity index (χ2n) is 6.13. The quantitative estimate of drug-likeness (QED) is 0.377. The van der Waals surface area contributed by atoms with Crippen LogP contribution in [0.3, 0.4) is 0 Å². The molecule has 0 bridgehead atoms. The van der Waals surface area contributed by atoms with Crippen molar-refractivity contribution in [1.29, 1.82) is 0 Å². The molecule has 3 nitrogen and oxygen atoms in total. The van der Waals surface area contributed by atoms with Crippen molar-refractivity contribution < 1.29 is 4.74 Å². The number of hydrogen-bond acceptors (Lipinski definition) is 3. The molecule has 3 heteroatoms. The molecule has 5 rings (SSSR count). The Morgan fingerprint density at radius 1 is 0.577 bits per heavy atom. The van der Waals surface area contributed by atoms with E-state index in [1.54, 1.807) is 0 Å². The first-order chi connectivity index (χ1) is 12.9. The standard InChI is InChI=1S/C23H16N2O/c1-2-8-19(18(7-1)17-13-15-24-16-14-17)25-20-9-3-5-11-22(20)26-23-12-6-4-10-21(23)25/h1-16H. The third-order valence-corrected chi connectivity index (χ3v) is 4.57. The average molecular weight is 336 g/mol. The first kappa shape index (κ1) is 14.7. The van der Waals surface area contributed by atoms with Crippen LogP contribution in [0.4, 0.5) is 17.1 Å². The number of para-hydroxylation sites is 5. The molecule has 1 aromatic heterocycles. The summed E-state index contributed by atoms with van der Waals surface area (Å²) in [5.74, 6) is 1.71. The number of anilines is 3. The van der Waals surface area contributed by atoms with Gasteiger partial charge >= 0.3 is 0 Å². The molecular formula is C23H16N2O. The van der Waals surface area contributed by atoms with Crippen LogP contribution in [0.1, 0.15) is 0 Å². The molecule has 26 heavy (non-hydrogen) atoms. The minimum absolute atomic E-state index is 0.857. The van der Waals surface area contributed by atoms with Gasteiger partial charge in [-0.15, -0.1) is 0 Å².